The molecule has 8 heteroatoms. The molecule has 1 amide bonds. The van der Waals surface area contributed by atoms with E-state index in [9.17, 15) is 14.9 Å². The summed E-state index contributed by atoms with van der Waals surface area (Å²) in [7, 11) is 1.62. The summed E-state index contributed by atoms with van der Waals surface area (Å²) in [5.74, 6) is 0.186. The predicted molar refractivity (Wildman–Crippen MR) is 86.0 cm³/mol. The van der Waals surface area contributed by atoms with Gasteiger partial charge in [-0.05, 0) is 12.5 Å². The fourth-order valence-corrected chi connectivity index (χ4v) is 2.24. The number of carbonyl (C=O) groups excluding carboxylic acids is 1. The van der Waals surface area contributed by atoms with Crippen molar-refractivity contribution >= 4 is 17.4 Å². The lowest BCUT2D eigenvalue weighted by atomic mass is 10.2. The number of nitro groups is 1. The molecule has 1 heterocycles. The third-order valence-corrected chi connectivity index (χ3v) is 3.35. The maximum atomic E-state index is 11.8. The van der Waals surface area contributed by atoms with Crippen molar-refractivity contribution in [3.8, 4) is 0 Å². The molecule has 0 bridgehead atoms. The number of rotatable bonds is 7. The normalized spacial score (nSPS) is 10.3. The van der Waals surface area contributed by atoms with Crippen LogP contribution in [0.3, 0.4) is 0 Å². The Morgan fingerprint density at radius 1 is 1.35 bits per heavy atom. The van der Waals surface area contributed by atoms with Gasteiger partial charge in [0.1, 0.15) is 5.69 Å². The third-order valence-electron chi connectivity index (χ3n) is 3.35. The van der Waals surface area contributed by atoms with E-state index < -0.39 is 4.92 Å². The molecule has 0 saturated carbocycles. The summed E-state index contributed by atoms with van der Waals surface area (Å²) in [6.07, 6.45) is 0.216. The second-order valence-corrected chi connectivity index (χ2v) is 5.10. The highest BCUT2D eigenvalue weighted by atomic mass is 16.6. The summed E-state index contributed by atoms with van der Waals surface area (Å²) >= 11 is 0. The van der Waals surface area contributed by atoms with Gasteiger partial charge in [-0.15, -0.1) is 0 Å². The summed E-state index contributed by atoms with van der Waals surface area (Å²) in [6.45, 7) is 2.33. The van der Waals surface area contributed by atoms with Crippen LogP contribution >= 0.6 is 0 Å². The second-order valence-electron chi connectivity index (χ2n) is 5.10. The third kappa shape index (κ3) is 4.29. The van der Waals surface area contributed by atoms with Crippen LogP contribution in [0.1, 0.15) is 17.7 Å². The van der Waals surface area contributed by atoms with Gasteiger partial charge in [0.2, 0.25) is 11.7 Å². The molecule has 0 atom stereocenters. The smallest absolute Gasteiger partial charge is 0.333 e. The van der Waals surface area contributed by atoms with Crippen molar-refractivity contribution in [2.75, 3.05) is 11.9 Å². The van der Waals surface area contributed by atoms with Crippen LogP contribution < -0.4 is 10.6 Å². The lowest BCUT2D eigenvalue weighted by Gasteiger charge is -2.07. The number of carbonyl (C=O) groups is 1. The molecule has 0 saturated heterocycles. The van der Waals surface area contributed by atoms with Crippen molar-refractivity contribution in [1.29, 1.82) is 0 Å². The minimum absolute atomic E-state index is 0.0582. The Kier molecular flexibility index (Phi) is 5.29. The molecule has 1 aromatic carbocycles. The van der Waals surface area contributed by atoms with Crippen LogP contribution in [0.2, 0.25) is 0 Å². The van der Waals surface area contributed by atoms with Gasteiger partial charge in [-0.25, -0.2) is 4.68 Å². The quantitative estimate of drug-likeness (QED) is 0.598. The molecule has 0 unspecified atom stereocenters. The topological polar surface area (TPSA) is 102 Å². The van der Waals surface area contributed by atoms with Gasteiger partial charge < -0.3 is 10.6 Å². The monoisotopic (exact) mass is 317 g/mol. The first kappa shape index (κ1) is 16.5. The van der Waals surface area contributed by atoms with E-state index in [1.165, 1.54) is 4.68 Å². The summed E-state index contributed by atoms with van der Waals surface area (Å²) in [5, 5.41) is 20.8. The average Bonchev–Trinajstić information content (AvgIpc) is 2.80. The molecule has 0 radical (unpaired) electrons. The zero-order chi connectivity index (χ0) is 16.8. The molecule has 122 valence electrons. The molecule has 0 spiro atoms. The van der Waals surface area contributed by atoms with Crippen molar-refractivity contribution in [3.05, 3.63) is 51.7 Å². The Hall–Kier alpha value is -2.90. The van der Waals surface area contributed by atoms with Gasteiger partial charge in [-0.1, -0.05) is 30.3 Å². The fraction of sp³-hybridized carbons (Fsp3) is 0.333. The summed E-state index contributed by atoms with van der Waals surface area (Å²) < 4.78 is 1.41. The number of anilines is 1. The Labute approximate surface area is 133 Å². The lowest BCUT2D eigenvalue weighted by Crippen LogP contribution is -2.25. The predicted octanol–water partition coefficient (Wildman–Crippen LogP) is 1.76. The molecule has 2 aromatic rings. The number of nitrogens with zero attached hydrogens (tertiary/aromatic N) is 3. The van der Waals surface area contributed by atoms with Crippen molar-refractivity contribution in [2.24, 2.45) is 7.05 Å². The maximum Gasteiger partial charge on any atom is 0.333 e. The number of nitrogens with one attached hydrogen (secondary N) is 2. The van der Waals surface area contributed by atoms with Crippen LogP contribution in [0.15, 0.2) is 30.3 Å². The van der Waals surface area contributed by atoms with E-state index in [1.54, 1.807) is 14.0 Å². The van der Waals surface area contributed by atoms with Gasteiger partial charge in [0, 0.05) is 26.6 Å². The molecule has 0 aliphatic rings. The standard InChI is InChI=1S/C15H19N5O3/c1-11-14(20(22)23)15(19(2)18-11)16-9-8-13(21)17-10-12-6-4-3-5-7-12/h3-7,16H,8-10H2,1-2H3,(H,17,21). The van der Waals surface area contributed by atoms with Crippen molar-refractivity contribution < 1.29 is 9.72 Å². The van der Waals surface area contributed by atoms with E-state index in [4.69, 9.17) is 0 Å². The summed E-state index contributed by atoms with van der Waals surface area (Å²) in [5.41, 5.74) is 1.30. The average molecular weight is 317 g/mol. The number of benzene rings is 1. The van der Waals surface area contributed by atoms with Crippen molar-refractivity contribution in [1.82, 2.24) is 15.1 Å². The zero-order valence-electron chi connectivity index (χ0n) is 13.1. The van der Waals surface area contributed by atoms with E-state index >= 15 is 0 Å². The van der Waals surface area contributed by atoms with Crippen LogP contribution in [0.5, 0.6) is 0 Å². The van der Waals surface area contributed by atoms with E-state index in [0.29, 0.717) is 24.6 Å². The van der Waals surface area contributed by atoms with E-state index in [2.05, 4.69) is 15.7 Å². The van der Waals surface area contributed by atoms with Crippen LogP contribution in [-0.4, -0.2) is 27.2 Å². The molecule has 23 heavy (non-hydrogen) atoms. The second kappa shape index (κ2) is 7.39. The van der Waals surface area contributed by atoms with E-state index in [0.717, 1.165) is 5.56 Å². The molecule has 0 aliphatic carbocycles. The van der Waals surface area contributed by atoms with Crippen LogP contribution in [0.4, 0.5) is 11.5 Å². The molecule has 0 aliphatic heterocycles. The molecular weight excluding hydrogens is 298 g/mol. The number of amides is 1. The number of aryl methyl sites for hydroxylation is 2. The summed E-state index contributed by atoms with van der Waals surface area (Å²) in [4.78, 5) is 22.4. The molecule has 2 N–H and O–H groups in total. The van der Waals surface area contributed by atoms with Gasteiger partial charge >= 0.3 is 5.69 Å². The maximum absolute atomic E-state index is 11.8. The highest BCUT2D eigenvalue weighted by Gasteiger charge is 2.23. The van der Waals surface area contributed by atoms with Crippen molar-refractivity contribution in [2.45, 2.75) is 19.9 Å². The Balaban J connectivity index is 1.83. The minimum Gasteiger partial charge on any atom is -0.364 e. The van der Waals surface area contributed by atoms with Crippen LogP contribution in [0, 0.1) is 17.0 Å². The highest BCUT2D eigenvalue weighted by molar-refractivity contribution is 5.76. The van der Waals surface area contributed by atoms with E-state index in [-0.39, 0.29) is 18.0 Å². The minimum atomic E-state index is -0.472. The van der Waals surface area contributed by atoms with Gasteiger partial charge in [0.05, 0.1) is 4.92 Å². The van der Waals surface area contributed by atoms with Gasteiger partial charge in [-0.2, -0.15) is 5.10 Å². The first-order valence-electron chi connectivity index (χ1n) is 7.21. The first-order chi connectivity index (χ1) is 11.0. The Bertz CT molecular complexity index is 697. The Morgan fingerprint density at radius 3 is 2.70 bits per heavy atom. The van der Waals surface area contributed by atoms with Crippen LogP contribution in [0.25, 0.3) is 0 Å². The number of aromatic nitrogens is 2. The number of hydrogen-bond donors (Lipinski definition) is 2. The largest absolute Gasteiger partial charge is 0.364 e. The zero-order valence-corrected chi connectivity index (χ0v) is 13.1. The lowest BCUT2D eigenvalue weighted by molar-refractivity contribution is -0.384. The number of hydrogen-bond acceptors (Lipinski definition) is 5. The Morgan fingerprint density at radius 2 is 2.04 bits per heavy atom. The van der Waals surface area contributed by atoms with Gasteiger partial charge in [-0.3, -0.25) is 14.9 Å². The molecule has 8 nitrogen and oxygen atoms in total. The fourth-order valence-electron chi connectivity index (χ4n) is 2.24. The molecule has 1 aromatic heterocycles. The SMILES string of the molecule is Cc1nn(C)c(NCCC(=O)NCc2ccccc2)c1[N+](=O)[O-]. The molecular formula is C15H19N5O3. The van der Waals surface area contributed by atoms with Crippen molar-refractivity contribution in [3.63, 3.8) is 0 Å². The van der Waals surface area contributed by atoms with Gasteiger partial charge in [0.15, 0.2) is 0 Å². The molecule has 2 rings (SSSR count). The highest BCUT2D eigenvalue weighted by Crippen LogP contribution is 2.26. The first-order valence-corrected chi connectivity index (χ1v) is 7.21. The van der Waals surface area contributed by atoms with E-state index in [1.807, 2.05) is 30.3 Å². The molecule has 0 fully saturated rings. The summed E-state index contributed by atoms with van der Waals surface area (Å²) in [6, 6.07) is 9.60. The van der Waals surface area contributed by atoms with Crippen LogP contribution in [-0.2, 0) is 18.4 Å². The van der Waals surface area contributed by atoms with Gasteiger partial charge in [0.25, 0.3) is 0 Å².